The number of benzene rings is 1. The van der Waals surface area contributed by atoms with Gasteiger partial charge in [0.25, 0.3) is 6.47 Å². The summed E-state index contributed by atoms with van der Waals surface area (Å²) < 4.78 is 18.0. The number of carbonyl (C=O) groups is 1. The number of fused-ring (bicyclic) bond motifs is 1. The van der Waals surface area contributed by atoms with Crippen LogP contribution in [0.1, 0.15) is 5.56 Å². The number of hydrogen-bond donors (Lipinski definition) is 2. The molecule has 1 aliphatic rings. The van der Waals surface area contributed by atoms with Crippen LogP contribution in [0.4, 0.5) is 5.82 Å². The average Bonchev–Trinajstić information content (AvgIpc) is 3.36. The third kappa shape index (κ3) is 3.74. The molecular formula is C19H17N5O5. The van der Waals surface area contributed by atoms with Crippen LogP contribution in [0.15, 0.2) is 30.6 Å². The van der Waals surface area contributed by atoms with Crippen LogP contribution in [0.5, 0.6) is 17.2 Å². The summed E-state index contributed by atoms with van der Waals surface area (Å²) in [5.74, 6) is 1.78. The van der Waals surface area contributed by atoms with Crippen molar-refractivity contribution >= 4 is 12.3 Å². The van der Waals surface area contributed by atoms with Gasteiger partial charge < -0.3 is 25.1 Å². The second-order valence-electron chi connectivity index (χ2n) is 5.85. The van der Waals surface area contributed by atoms with Gasteiger partial charge in [-0.3, -0.25) is 9.48 Å². The lowest BCUT2D eigenvalue weighted by atomic mass is 9.98. The van der Waals surface area contributed by atoms with Crippen molar-refractivity contribution in [2.75, 3.05) is 19.6 Å². The number of nitrogen functional groups attached to an aromatic ring is 1. The molecule has 29 heavy (non-hydrogen) atoms. The van der Waals surface area contributed by atoms with Gasteiger partial charge in [-0.2, -0.15) is 10.4 Å². The highest BCUT2D eigenvalue weighted by Gasteiger charge is 2.23. The first-order chi connectivity index (χ1) is 14.0. The Kier molecular flexibility index (Phi) is 5.50. The maximum Gasteiger partial charge on any atom is 0.290 e. The van der Waals surface area contributed by atoms with Crippen molar-refractivity contribution in [2.45, 2.75) is 0 Å². The van der Waals surface area contributed by atoms with E-state index in [1.54, 1.807) is 30.1 Å². The van der Waals surface area contributed by atoms with Crippen molar-refractivity contribution in [3.63, 3.8) is 0 Å². The Bertz CT molecular complexity index is 1100. The molecule has 0 radical (unpaired) electrons. The molecule has 2 aromatic heterocycles. The smallest absolute Gasteiger partial charge is 0.290 e. The minimum absolute atomic E-state index is 0.125. The fraction of sp³-hybridized carbons (Fsp3) is 0.158. The number of aryl methyl sites for hydroxylation is 1. The molecular weight excluding hydrogens is 378 g/mol. The van der Waals surface area contributed by atoms with Crippen LogP contribution in [0.3, 0.4) is 0 Å². The molecule has 0 aliphatic carbocycles. The maximum atomic E-state index is 9.57. The largest absolute Gasteiger partial charge is 0.493 e. The number of nitrogens with zero attached hydrogens (tertiary/aromatic N) is 4. The van der Waals surface area contributed by atoms with Crippen LogP contribution in [-0.2, 0) is 11.8 Å². The Morgan fingerprint density at radius 2 is 2.10 bits per heavy atom. The Hall–Kier alpha value is -4.26. The fourth-order valence-electron chi connectivity index (χ4n) is 2.90. The summed E-state index contributed by atoms with van der Waals surface area (Å²) in [5.41, 5.74) is 9.13. The van der Waals surface area contributed by atoms with E-state index in [0.717, 1.165) is 11.1 Å². The predicted molar refractivity (Wildman–Crippen MR) is 102 cm³/mol. The topological polar surface area (TPSA) is 146 Å². The zero-order chi connectivity index (χ0) is 21.0. The Balaban J connectivity index is 0.000000755. The molecule has 0 amide bonds. The maximum absolute atomic E-state index is 9.57. The van der Waals surface area contributed by atoms with Crippen LogP contribution >= 0.6 is 0 Å². The molecule has 0 spiro atoms. The second kappa shape index (κ2) is 8.18. The molecule has 0 unspecified atom stereocenters. The molecule has 3 N–H and O–H groups in total. The number of rotatable bonds is 3. The van der Waals surface area contributed by atoms with Crippen molar-refractivity contribution < 1.29 is 24.1 Å². The molecule has 10 nitrogen and oxygen atoms in total. The minimum Gasteiger partial charge on any atom is -0.493 e. The van der Waals surface area contributed by atoms with E-state index in [2.05, 4.69) is 16.2 Å². The number of nitrogens with two attached hydrogens (primary N) is 1. The third-order valence-electron chi connectivity index (χ3n) is 4.13. The highest BCUT2D eigenvalue weighted by molar-refractivity contribution is 5.82. The average molecular weight is 395 g/mol. The molecule has 1 aliphatic heterocycles. The molecule has 3 aromatic rings. The number of anilines is 1. The second-order valence-corrected chi connectivity index (χ2v) is 5.85. The van der Waals surface area contributed by atoms with Gasteiger partial charge in [0.05, 0.1) is 19.0 Å². The predicted octanol–water partition coefficient (Wildman–Crippen LogP) is 2.04. The van der Waals surface area contributed by atoms with E-state index in [1.807, 2.05) is 19.3 Å². The number of methoxy groups -OCH3 is 1. The van der Waals surface area contributed by atoms with E-state index in [9.17, 15) is 5.26 Å². The lowest BCUT2D eigenvalue weighted by Crippen LogP contribution is -2.00. The first kappa shape index (κ1) is 19.5. The van der Waals surface area contributed by atoms with Gasteiger partial charge >= 0.3 is 0 Å². The molecule has 0 saturated heterocycles. The summed E-state index contributed by atoms with van der Waals surface area (Å²) in [6.45, 7) is -0.125. The molecule has 148 valence electrons. The molecule has 3 heterocycles. The van der Waals surface area contributed by atoms with Gasteiger partial charge in [0.2, 0.25) is 12.5 Å². The van der Waals surface area contributed by atoms with E-state index in [0.29, 0.717) is 34.1 Å². The molecule has 0 fully saturated rings. The monoisotopic (exact) mass is 395 g/mol. The van der Waals surface area contributed by atoms with Gasteiger partial charge in [0.1, 0.15) is 17.5 Å². The van der Waals surface area contributed by atoms with Crippen LogP contribution in [0.2, 0.25) is 0 Å². The van der Waals surface area contributed by atoms with Gasteiger partial charge in [0, 0.05) is 24.4 Å². The highest BCUT2D eigenvalue weighted by atomic mass is 16.7. The summed E-state index contributed by atoms with van der Waals surface area (Å²) in [7, 11) is 3.37. The summed E-state index contributed by atoms with van der Waals surface area (Å²) in [6, 6.07) is 7.53. The quantitative estimate of drug-likeness (QED) is 0.636. The van der Waals surface area contributed by atoms with Gasteiger partial charge in [-0.25, -0.2) is 4.98 Å². The van der Waals surface area contributed by atoms with Gasteiger partial charge in [-0.05, 0) is 23.8 Å². The van der Waals surface area contributed by atoms with Crippen molar-refractivity contribution in [3.05, 3.63) is 36.2 Å². The molecule has 4 rings (SSSR count). The summed E-state index contributed by atoms with van der Waals surface area (Å²) in [4.78, 5) is 12.7. The van der Waals surface area contributed by atoms with Crippen LogP contribution in [0.25, 0.3) is 22.4 Å². The summed E-state index contributed by atoms with van der Waals surface area (Å²) in [6.07, 6.45) is 3.52. The standard InChI is InChI=1S/C18H15N5O3.CH2O2/c1-23-8-11(7-21-23)14-5-12(13(6-19)18(20)22-14)10-3-15(24-2)17-16(4-10)25-9-26-17;2-1-3/h3-5,7-8H,9H2,1-2H3,(H2,20,22);1H,(H,2,3). The molecule has 1 aromatic carbocycles. The van der Waals surface area contributed by atoms with E-state index >= 15 is 0 Å². The number of nitriles is 1. The van der Waals surface area contributed by atoms with Crippen molar-refractivity contribution in [3.8, 4) is 45.7 Å². The highest BCUT2D eigenvalue weighted by Crippen LogP contribution is 2.45. The zero-order valence-corrected chi connectivity index (χ0v) is 15.6. The van der Waals surface area contributed by atoms with Crippen molar-refractivity contribution in [1.82, 2.24) is 14.8 Å². The van der Waals surface area contributed by atoms with Crippen LogP contribution < -0.4 is 19.9 Å². The normalized spacial score (nSPS) is 11.2. The minimum atomic E-state index is -0.250. The fourth-order valence-corrected chi connectivity index (χ4v) is 2.90. The number of pyridine rings is 1. The van der Waals surface area contributed by atoms with Crippen LogP contribution in [0, 0.1) is 11.3 Å². The SMILES string of the molecule is COc1cc(-c2cc(-c3cnn(C)c3)nc(N)c2C#N)cc2c1OCO2.O=CO. The summed E-state index contributed by atoms with van der Waals surface area (Å²) in [5, 5.41) is 20.6. The van der Waals surface area contributed by atoms with Gasteiger partial charge in [-0.1, -0.05) is 0 Å². The van der Waals surface area contributed by atoms with E-state index in [-0.39, 0.29) is 19.1 Å². The molecule has 0 bridgehead atoms. The van der Waals surface area contributed by atoms with E-state index in [1.165, 1.54) is 0 Å². The number of hydrogen-bond acceptors (Lipinski definition) is 8. The van der Waals surface area contributed by atoms with Crippen molar-refractivity contribution in [1.29, 1.82) is 5.26 Å². The first-order valence-corrected chi connectivity index (χ1v) is 8.27. The lowest BCUT2D eigenvalue weighted by Gasteiger charge is -2.12. The van der Waals surface area contributed by atoms with Gasteiger partial charge in [0.15, 0.2) is 11.5 Å². The Morgan fingerprint density at radius 1 is 1.34 bits per heavy atom. The van der Waals surface area contributed by atoms with Gasteiger partial charge in [-0.15, -0.1) is 0 Å². The molecule has 0 atom stereocenters. The Labute approximate surface area is 165 Å². The number of aromatic nitrogens is 3. The lowest BCUT2D eigenvalue weighted by molar-refractivity contribution is -0.122. The Morgan fingerprint density at radius 3 is 2.72 bits per heavy atom. The zero-order valence-electron chi connectivity index (χ0n) is 15.6. The first-order valence-electron chi connectivity index (χ1n) is 8.27. The molecule has 10 heteroatoms. The van der Waals surface area contributed by atoms with E-state index < -0.39 is 0 Å². The third-order valence-corrected chi connectivity index (χ3v) is 4.13. The number of ether oxygens (including phenoxy) is 3. The summed E-state index contributed by atoms with van der Waals surface area (Å²) >= 11 is 0. The molecule has 0 saturated carbocycles. The van der Waals surface area contributed by atoms with E-state index in [4.69, 9.17) is 29.8 Å². The van der Waals surface area contributed by atoms with Crippen LogP contribution in [-0.4, -0.2) is 40.2 Å². The number of carboxylic acid groups (broad SMARTS) is 1. The van der Waals surface area contributed by atoms with Crippen molar-refractivity contribution in [2.24, 2.45) is 7.05 Å².